The normalized spacial score (nSPS) is 10.5. The van der Waals surface area contributed by atoms with Crippen molar-refractivity contribution in [3.8, 4) is 0 Å². The molecular formula is C13H15N3O2S2. The molecule has 0 atom stereocenters. The molecule has 1 aromatic heterocycles. The molecule has 0 fully saturated rings. The van der Waals surface area contributed by atoms with E-state index < -0.39 is 0 Å². The number of ether oxygens (including phenoxy) is 1. The van der Waals surface area contributed by atoms with Gasteiger partial charge in [-0.25, -0.2) is 0 Å². The highest BCUT2D eigenvalue weighted by atomic mass is 32.2. The number of amides is 1. The fourth-order valence-electron chi connectivity index (χ4n) is 1.55. The molecule has 0 radical (unpaired) electrons. The van der Waals surface area contributed by atoms with E-state index >= 15 is 0 Å². The third-order valence-electron chi connectivity index (χ3n) is 2.37. The van der Waals surface area contributed by atoms with Crippen molar-refractivity contribution in [1.82, 2.24) is 10.2 Å². The smallest absolute Gasteiger partial charge is 0.252 e. The van der Waals surface area contributed by atoms with E-state index in [1.807, 2.05) is 6.07 Å². The standard InChI is InChI=1S/C13H15N3O2S2/c1-9-4-3-5-10(6-9)8-19-13-16-15-12(20-13)14-11(17)7-18-2/h3-6H,7-8H2,1-2H3,(H,14,15,17). The number of nitrogens with zero attached hydrogens (tertiary/aromatic N) is 2. The molecule has 0 bridgehead atoms. The highest BCUT2D eigenvalue weighted by Crippen LogP contribution is 2.28. The lowest BCUT2D eigenvalue weighted by molar-refractivity contribution is -0.119. The summed E-state index contributed by atoms with van der Waals surface area (Å²) in [7, 11) is 1.48. The first kappa shape index (κ1) is 15.0. The maximum Gasteiger partial charge on any atom is 0.252 e. The summed E-state index contributed by atoms with van der Waals surface area (Å²) in [6.45, 7) is 2.09. The Kier molecular flexibility index (Phi) is 5.51. The predicted molar refractivity (Wildman–Crippen MR) is 81.2 cm³/mol. The van der Waals surface area contributed by atoms with E-state index in [4.69, 9.17) is 4.74 Å². The molecular weight excluding hydrogens is 294 g/mol. The van der Waals surface area contributed by atoms with E-state index in [0.29, 0.717) is 5.13 Å². The van der Waals surface area contributed by atoms with Crippen LogP contribution in [0.3, 0.4) is 0 Å². The molecule has 1 N–H and O–H groups in total. The van der Waals surface area contributed by atoms with E-state index in [2.05, 4.69) is 40.6 Å². The highest BCUT2D eigenvalue weighted by Gasteiger charge is 2.08. The van der Waals surface area contributed by atoms with Gasteiger partial charge in [0.1, 0.15) is 6.61 Å². The Morgan fingerprint density at radius 3 is 3.05 bits per heavy atom. The van der Waals surface area contributed by atoms with Gasteiger partial charge in [0.25, 0.3) is 5.91 Å². The van der Waals surface area contributed by atoms with E-state index in [-0.39, 0.29) is 12.5 Å². The molecule has 1 heterocycles. The average molecular weight is 309 g/mol. The van der Waals surface area contributed by atoms with E-state index in [1.165, 1.54) is 29.6 Å². The van der Waals surface area contributed by atoms with Crippen molar-refractivity contribution >= 4 is 34.1 Å². The number of hydrogen-bond acceptors (Lipinski definition) is 6. The number of carbonyl (C=O) groups is 1. The average Bonchev–Trinajstić information content (AvgIpc) is 2.84. The summed E-state index contributed by atoms with van der Waals surface area (Å²) in [5, 5.41) is 11.1. The summed E-state index contributed by atoms with van der Waals surface area (Å²) >= 11 is 2.97. The van der Waals surface area contributed by atoms with Gasteiger partial charge in [-0.3, -0.25) is 10.1 Å². The van der Waals surface area contributed by atoms with Crippen molar-refractivity contribution in [2.24, 2.45) is 0 Å². The zero-order valence-electron chi connectivity index (χ0n) is 11.3. The molecule has 1 aromatic carbocycles. The predicted octanol–water partition coefficient (Wildman–Crippen LogP) is 2.72. The third kappa shape index (κ3) is 4.59. The lowest BCUT2D eigenvalue weighted by Gasteiger charge is -2.00. The van der Waals surface area contributed by atoms with Crippen molar-refractivity contribution < 1.29 is 9.53 Å². The second kappa shape index (κ2) is 7.37. The van der Waals surface area contributed by atoms with Gasteiger partial charge in [0.15, 0.2) is 4.34 Å². The van der Waals surface area contributed by atoms with Crippen molar-refractivity contribution in [3.05, 3.63) is 35.4 Å². The van der Waals surface area contributed by atoms with E-state index in [1.54, 1.807) is 11.8 Å². The number of thioether (sulfide) groups is 1. The van der Waals surface area contributed by atoms with Crippen LogP contribution in [0.2, 0.25) is 0 Å². The van der Waals surface area contributed by atoms with Crippen LogP contribution >= 0.6 is 23.1 Å². The number of rotatable bonds is 6. The minimum Gasteiger partial charge on any atom is -0.375 e. The summed E-state index contributed by atoms with van der Waals surface area (Å²) in [5.74, 6) is 0.612. The summed E-state index contributed by atoms with van der Waals surface area (Å²) in [6.07, 6.45) is 0. The van der Waals surface area contributed by atoms with Crippen LogP contribution in [0.15, 0.2) is 28.6 Å². The zero-order valence-corrected chi connectivity index (χ0v) is 12.9. The number of anilines is 1. The molecule has 7 heteroatoms. The lowest BCUT2D eigenvalue weighted by atomic mass is 10.2. The molecule has 0 unspecified atom stereocenters. The van der Waals surface area contributed by atoms with Crippen LogP contribution in [0, 0.1) is 6.92 Å². The Morgan fingerprint density at radius 1 is 1.45 bits per heavy atom. The minimum atomic E-state index is -0.223. The third-order valence-corrected chi connectivity index (χ3v) is 4.42. The molecule has 0 aliphatic carbocycles. The molecule has 0 saturated heterocycles. The first-order chi connectivity index (χ1) is 9.67. The second-order valence-electron chi connectivity index (χ2n) is 4.13. The number of nitrogens with one attached hydrogen (secondary N) is 1. The summed E-state index contributed by atoms with van der Waals surface area (Å²) in [6, 6.07) is 8.35. The maximum atomic E-state index is 11.3. The summed E-state index contributed by atoms with van der Waals surface area (Å²) in [5.41, 5.74) is 2.49. The molecule has 2 rings (SSSR count). The largest absolute Gasteiger partial charge is 0.375 e. The molecule has 106 valence electrons. The quantitative estimate of drug-likeness (QED) is 0.656. The molecule has 5 nitrogen and oxygen atoms in total. The zero-order chi connectivity index (χ0) is 14.4. The monoisotopic (exact) mass is 309 g/mol. The molecule has 0 aliphatic heterocycles. The Bertz CT molecular complexity index is 587. The van der Waals surface area contributed by atoms with E-state index in [9.17, 15) is 4.79 Å². The Morgan fingerprint density at radius 2 is 2.30 bits per heavy atom. The van der Waals surface area contributed by atoms with Gasteiger partial charge in [-0.15, -0.1) is 10.2 Å². The van der Waals surface area contributed by atoms with Crippen LogP contribution < -0.4 is 5.32 Å². The number of aromatic nitrogens is 2. The molecule has 0 saturated carbocycles. The number of benzene rings is 1. The van der Waals surface area contributed by atoms with Gasteiger partial charge in [0.05, 0.1) is 0 Å². The fourth-order valence-corrected chi connectivity index (χ4v) is 3.26. The number of carbonyl (C=O) groups excluding carboxylic acids is 1. The van der Waals surface area contributed by atoms with Crippen LogP contribution in [0.25, 0.3) is 0 Å². The molecule has 0 aliphatic rings. The molecule has 20 heavy (non-hydrogen) atoms. The van der Waals surface area contributed by atoms with Crippen LogP contribution in [0.5, 0.6) is 0 Å². The Hall–Kier alpha value is -1.44. The number of hydrogen-bond donors (Lipinski definition) is 1. The lowest BCUT2D eigenvalue weighted by Crippen LogP contribution is -2.16. The number of aryl methyl sites for hydroxylation is 1. The van der Waals surface area contributed by atoms with Crippen molar-refractivity contribution in [1.29, 1.82) is 0 Å². The van der Waals surface area contributed by atoms with Crippen LogP contribution in [0.1, 0.15) is 11.1 Å². The van der Waals surface area contributed by atoms with Crippen molar-refractivity contribution in [2.45, 2.75) is 17.0 Å². The Balaban J connectivity index is 1.88. The molecule has 0 spiro atoms. The van der Waals surface area contributed by atoms with Gasteiger partial charge in [-0.05, 0) is 12.5 Å². The van der Waals surface area contributed by atoms with Gasteiger partial charge in [-0.1, -0.05) is 52.9 Å². The molecule has 2 aromatic rings. The van der Waals surface area contributed by atoms with Gasteiger partial charge in [0, 0.05) is 12.9 Å². The van der Waals surface area contributed by atoms with Gasteiger partial charge < -0.3 is 4.74 Å². The van der Waals surface area contributed by atoms with Crippen molar-refractivity contribution in [2.75, 3.05) is 19.0 Å². The Labute approximate surface area is 125 Å². The minimum absolute atomic E-state index is 0.0192. The topological polar surface area (TPSA) is 64.1 Å². The van der Waals surface area contributed by atoms with Gasteiger partial charge in [-0.2, -0.15) is 0 Å². The number of methoxy groups -OCH3 is 1. The summed E-state index contributed by atoms with van der Waals surface area (Å²) in [4.78, 5) is 11.3. The maximum absolute atomic E-state index is 11.3. The van der Waals surface area contributed by atoms with Gasteiger partial charge in [0.2, 0.25) is 5.13 Å². The first-order valence-corrected chi connectivity index (χ1v) is 7.78. The SMILES string of the molecule is COCC(=O)Nc1nnc(SCc2cccc(C)c2)s1. The van der Waals surface area contributed by atoms with Gasteiger partial charge >= 0.3 is 0 Å². The van der Waals surface area contributed by atoms with Crippen molar-refractivity contribution in [3.63, 3.8) is 0 Å². The first-order valence-electron chi connectivity index (χ1n) is 5.98. The fraction of sp³-hybridized carbons (Fsp3) is 0.308. The van der Waals surface area contributed by atoms with Crippen LogP contribution in [-0.2, 0) is 15.3 Å². The van der Waals surface area contributed by atoms with Crippen LogP contribution in [0.4, 0.5) is 5.13 Å². The van der Waals surface area contributed by atoms with Crippen LogP contribution in [-0.4, -0.2) is 29.8 Å². The van der Waals surface area contributed by atoms with E-state index in [0.717, 1.165) is 10.1 Å². The summed E-state index contributed by atoms with van der Waals surface area (Å²) < 4.78 is 5.57. The molecule has 1 amide bonds. The highest BCUT2D eigenvalue weighted by molar-refractivity contribution is 8.00. The second-order valence-corrected chi connectivity index (χ2v) is 6.33.